The fourth-order valence-electron chi connectivity index (χ4n) is 8.87. The van der Waals surface area contributed by atoms with Gasteiger partial charge in [0.25, 0.3) is 0 Å². The second kappa shape index (κ2) is 12.5. The molecule has 0 unspecified atom stereocenters. The second-order valence-corrected chi connectivity index (χ2v) is 20.5. The first kappa shape index (κ1) is 37.5. The van der Waals surface area contributed by atoms with E-state index in [-0.39, 0.29) is 21.7 Å². The molecule has 2 aliphatic heterocycles. The van der Waals surface area contributed by atoms with Crippen LogP contribution < -0.4 is 3.87 Å². The number of H-pyrrole nitrogens is 2. The van der Waals surface area contributed by atoms with Crippen LogP contribution in [0, 0.1) is 0 Å². The van der Waals surface area contributed by atoms with Gasteiger partial charge in [-0.05, 0) is 0 Å². The third-order valence-electron chi connectivity index (χ3n) is 11.2. The molecule has 285 valence electrons. The Kier molecular flexibility index (Phi) is 8.21. The molecular formula is C48H49N8Ti. The first-order chi connectivity index (χ1) is 26.7. The first-order valence-electron chi connectivity index (χ1n) is 19.8. The number of hydrogen-bond acceptors (Lipinski definition) is 6. The van der Waals surface area contributed by atoms with Gasteiger partial charge in [0.2, 0.25) is 0 Å². The van der Waals surface area contributed by atoms with E-state index in [4.69, 9.17) is 29.9 Å². The van der Waals surface area contributed by atoms with Gasteiger partial charge in [0, 0.05) is 0 Å². The number of aromatic amines is 2. The quantitative estimate of drug-likeness (QED) is 0.148. The zero-order valence-corrected chi connectivity index (χ0v) is 36.6. The molecule has 5 heterocycles. The van der Waals surface area contributed by atoms with Gasteiger partial charge in [-0.15, -0.1) is 0 Å². The third kappa shape index (κ3) is 5.98. The van der Waals surface area contributed by atoms with E-state index in [1.165, 1.54) is 20.6 Å². The Morgan fingerprint density at radius 2 is 0.842 bits per heavy atom. The molecule has 7 aromatic rings. The molecule has 4 aromatic carbocycles. The fourth-order valence-corrected chi connectivity index (χ4v) is 10.0. The number of aromatic nitrogens is 8. The van der Waals surface area contributed by atoms with E-state index in [9.17, 15) is 0 Å². The van der Waals surface area contributed by atoms with Crippen LogP contribution in [0.2, 0.25) is 0 Å². The average Bonchev–Trinajstić information content (AvgIpc) is 3.85. The van der Waals surface area contributed by atoms with Crippen LogP contribution >= 0.6 is 0 Å². The summed E-state index contributed by atoms with van der Waals surface area (Å²) in [7, 11) is 0. The monoisotopic (exact) mass is 785 g/mol. The van der Waals surface area contributed by atoms with Crippen LogP contribution in [0.3, 0.4) is 0 Å². The van der Waals surface area contributed by atoms with Crippen LogP contribution in [0.5, 0.6) is 0 Å². The summed E-state index contributed by atoms with van der Waals surface area (Å²) in [5, 5.41) is 4.04. The molecule has 9 rings (SSSR count). The summed E-state index contributed by atoms with van der Waals surface area (Å²) in [5.74, 6) is 2.45. The molecule has 8 nitrogen and oxygen atoms in total. The SMILES string of the molecule is CC(C)(C)c1cccc2c1-c1nc-2nc2[nH]c(nc3nc(nc4[nH]c(n1)c1c(C(C)(C)C)c(C(C)(C)C)c(C(C)(C)C)[c]([Ti])c41)-c1ccccc1-3)c1ccccc21. The Hall–Kier alpha value is -5.05. The summed E-state index contributed by atoms with van der Waals surface area (Å²) in [5.41, 5.74) is 11.0. The van der Waals surface area contributed by atoms with Crippen LogP contribution in [0.25, 0.3) is 89.7 Å². The molecule has 0 radical (unpaired) electrons. The molecule has 8 bridgehead atoms. The van der Waals surface area contributed by atoms with Crippen LogP contribution in [0.4, 0.5) is 0 Å². The Balaban J connectivity index is 1.59. The number of rotatable bonds is 0. The maximum atomic E-state index is 5.62. The van der Waals surface area contributed by atoms with Crippen LogP contribution in [-0.4, -0.2) is 39.9 Å². The zero-order chi connectivity index (χ0) is 40.6. The van der Waals surface area contributed by atoms with Gasteiger partial charge >= 0.3 is 342 Å². The molecule has 0 amide bonds. The summed E-state index contributed by atoms with van der Waals surface area (Å²) < 4.78 is 1.20. The molecule has 3 aromatic heterocycles. The minimum atomic E-state index is -0.251. The van der Waals surface area contributed by atoms with Crippen LogP contribution in [0.15, 0.2) is 66.7 Å². The van der Waals surface area contributed by atoms with Crippen molar-refractivity contribution in [2.75, 3.05) is 0 Å². The molecule has 2 N–H and O–H groups in total. The van der Waals surface area contributed by atoms with Crippen molar-refractivity contribution >= 4 is 48.0 Å². The predicted octanol–water partition coefficient (Wildman–Crippen LogP) is 11.2. The molecule has 0 fully saturated rings. The molecule has 0 aliphatic carbocycles. The van der Waals surface area contributed by atoms with Gasteiger partial charge in [0.05, 0.1) is 0 Å². The number of fused-ring (bicyclic) bond motifs is 20. The third-order valence-corrected chi connectivity index (χ3v) is 12.0. The van der Waals surface area contributed by atoms with Gasteiger partial charge in [-0.2, -0.15) is 0 Å². The van der Waals surface area contributed by atoms with Crippen molar-refractivity contribution in [1.82, 2.24) is 39.9 Å². The minimum absolute atomic E-state index is 0.155. The summed E-state index contributed by atoms with van der Waals surface area (Å²) in [6.45, 7) is 27.7. The topological polar surface area (TPSA) is 109 Å². The van der Waals surface area contributed by atoms with Gasteiger partial charge in [-0.3, -0.25) is 0 Å². The number of benzene rings is 4. The Bertz CT molecular complexity index is 3010. The van der Waals surface area contributed by atoms with Crippen molar-refractivity contribution in [2.45, 2.75) is 105 Å². The fraction of sp³-hybridized carbons (Fsp3) is 0.333. The molecule has 2 aliphatic rings. The number of nitrogens with one attached hydrogen (secondary N) is 2. The van der Waals surface area contributed by atoms with Gasteiger partial charge in [-0.1, -0.05) is 6.07 Å². The van der Waals surface area contributed by atoms with Crippen molar-refractivity contribution in [3.63, 3.8) is 0 Å². The van der Waals surface area contributed by atoms with E-state index in [0.29, 0.717) is 34.6 Å². The van der Waals surface area contributed by atoms with Crippen molar-refractivity contribution < 1.29 is 20.4 Å². The Labute approximate surface area is 345 Å². The van der Waals surface area contributed by atoms with Crippen molar-refractivity contribution in [1.29, 1.82) is 0 Å². The van der Waals surface area contributed by atoms with E-state index >= 15 is 0 Å². The average molecular weight is 786 g/mol. The molecule has 9 heteroatoms. The molecular weight excluding hydrogens is 736 g/mol. The van der Waals surface area contributed by atoms with E-state index in [2.05, 4.69) is 156 Å². The van der Waals surface area contributed by atoms with Crippen molar-refractivity contribution in [2.24, 2.45) is 0 Å². The van der Waals surface area contributed by atoms with E-state index in [1.807, 2.05) is 24.3 Å². The standard InChI is InChI=1S/C48H49N8.Ti/c1-45(2,3)31-23-17-22-29-33(31)43-54-41(29)52-39-27-20-15-13-18-25(27)37(50-39)49-38-26-19-14-16-21-28(26)40(51-38)53-42-30-24-32(46(4,5)6)35(47(7,8)9)36(48(10,11)12)34(30)44(55-42)56-43;/h13-23H,1-12H3,(H2,49,50,51,52,53,54,55,56);. The number of hydrogen-bond donors (Lipinski definition) is 2. The summed E-state index contributed by atoms with van der Waals surface area (Å²) >= 11 is 2.26. The van der Waals surface area contributed by atoms with Crippen molar-refractivity contribution in [3.8, 4) is 45.6 Å². The zero-order valence-electron chi connectivity index (χ0n) is 35.0. The summed E-state index contributed by atoms with van der Waals surface area (Å²) in [6.07, 6.45) is 0. The van der Waals surface area contributed by atoms with Crippen molar-refractivity contribution in [3.05, 3.63) is 89.0 Å². The van der Waals surface area contributed by atoms with Gasteiger partial charge < -0.3 is 0 Å². The molecule has 57 heavy (non-hydrogen) atoms. The second-order valence-electron chi connectivity index (χ2n) is 19.7. The normalized spacial score (nSPS) is 13.3. The first-order valence-corrected chi connectivity index (χ1v) is 20.6. The van der Waals surface area contributed by atoms with E-state index in [1.54, 1.807) is 0 Å². The Morgan fingerprint density at radius 3 is 1.39 bits per heavy atom. The van der Waals surface area contributed by atoms with Gasteiger partial charge in [0.15, 0.2) is 0 Å². The summed E-state index contributed by atoms with van der Waals surface area (Å²) in [6, 6.07) is 22.9. The Morgan fingerprint density at radius 1 is 0.404 bits per heavy atom. The molecule has 0 saturated carbocycles. The van der Waals surface area contributed by atoms with E-state index < -0.39 is 0 Å². The van der Waals surface area contributed by atoms with E-state index in [0.717, 1.165) is 60.7 Å². The van der Waals surface area contributed by atoms with Gasteiger partial charge in [0.1, 0.15) is 0 Å². The summed E-state index contributed by atoms with van der Waals surface area (Å²) in [4.78, 5) is 39.5. The van der Waals surface area contributed by atoms with Crippen LogP contribution in [-0.2, 0) is 42.1 Å². The number of nitrogens with zero attached hydrogens (tertiary/aromatic N) is 6. The molecule has 0 saturated heterocycles. The maximum absolute atomic E-state index is 5.62. The van der Waals surface area contributed by atoms with Crippen LogP contribution in [0.1, 0.15) is 105 Å². The molecule has 0 spiro atoms. The molecule has 0 atom stereocenters. The predicted molar refractivity (Wildman–Crippen MR) is 230 cm³/mol. The van der Waals surface area contributed by atoms with Gasteiger partial charge in [-0.25, -0.2) is 0 Å².